The van der Waals surface area contributed by atoms with Gasteiger partial charge >= 0.3 is 5.97 Å². The summed E-state index contributed by atoms with van der Waals surface area (Å²) in [6.45, 7) is 6.83. The van der Waals surface area contributed by atoms with Crippen LogP contribution in [0, 0.1) is 0 Å². The highest BCUT2D eigenvalue weighted by atomic mass is 16.5. The van der Waals surface area contributed by atoms with E-state index in [1.54, 1.807) is 0 Å². The normalized spacial score (nSPS) is 22.9. The quantitative estimate of drug-likeness (QED) is 0.679. The van der Waals surface area contributed by atoms with Gasteiger partial charge in [0.05, 0.1) is 19.1 Å². The zero-order chi connectivity index (χ0) is 13.4. The standard InChI is InChI=1S/C14H27NO3/c1-3-4-5-6-7-12(2)15-8-9-18-13(11-15)10-14(16)17/h12-13H,3-11H2,1-2H3,(H,16,17). The van der Waals surface area contributed by atoms with Crippen LogP contribution in [0.4, 0.5) is 0 Å². The zero-order valence-corrected chi connectivity index (χ0v) is 11.7. The fraction of sp³-hybridized carbons (Fsp3) is 0.929. The summed E-state index contributed by atoms with van der Waals surface area (Å²) in [4.78, 5) is 13.1. The third-order valence-electron chi connectivity index (χ3n) is 3.67. The van der Waals surface area contributed by atoms with Crippen molar-refractivity contribution in [3.63, 3.8) is 0 Å². The molecule has 0 aromatic carbocycles. The first-order valence-electron chi connectivity index (χ1n) is 7.21. The summed E-state index contributed by atoms with van der Waals surface area (Å²) >= 11 is 0. The van der Waals surface area contributed by atoms with E-state index in [9.17, 15) is 4.79 Å². The van der Waals surface area contributed by atoms with Crippen molar-refractivity contribution in [1.82, 2.24) is 4.90 Å². The molecular formula is C14H27NO3. The molecule has 1 aliphatic heterocycles. The molecular weight excluding hydrogens is 230 g/mol. The van der Waals surface area contributed by atoms with Crippen molar-refractivity contribution in [3.8, 4) is 0 Å². The molecule has 106 valence electrons. The summed E-state index contributed by atoms with van der Waals surface area (Å²) in [5.41, 5.74) is 0. The van der Waals surface area contributed by atoms with Crippen molar-refractivity contribution in [2.45, 2.75) is 64.5 Å². The maximum absolute atomic E-state index is 10.7. The van der Waals surface area contributed by atoms with Gasteiger partial charge in [0.15, 0.2) is 0 Å². The maximum Gasteiger partial charge on any atom is 0.306 e. The molecule has 1 saturated heterocycles. The van der Waals surface area contributed by atoms with Crippen molar-refractivity contribution < 1.29 is 14.6 Å². The highest BCUT2D eigenvalue weighted by Crippen LogP contribution is 2.16. The van der Waals surface area contributed by atoms with Crippen LogP contribution in [0.1, 0.15) is 52.4 Å². The van der Waals surface area contributed by atoms with Gasteiger partial charge in [-0.15, -0.1) is 0 Å². The lowest BCUT2D eigenvalue weighted by Crippen LogP contribution is -2.47. The van der Waals surface area contributed by atoms with Crippen LogP contribution in [0.3, 0.4) is 0 Å². The summed E-state index contributed by atoms with van der Waals surface area (Å²) < 4.78 is 5.49. The number of hydrogen-bond donors (Lipinski definition) is 1. The Labute approximate surface area is 110 Å². The minimum atomic E-state index is -0.766. The van der Waals surface area contributed by atoms with E-state index in [-0.39, 0.29) is 12.5 Å². The first-order valence-corrected chi connectivity index (χ1v) is 7.21. The fourth-order valence-corrected chi connectivity index (χ4v) is 2.51. The lowest BCUT2D eigenvalue weighted by molar-refractivity contribution is -0.142. The predicted octanol–water partition coefficient (Wildman–Crippen LogP) is 2.52. The van der Waals surface area contributed by atoms with E-state index >= 15 is 0 Å². The molecule has 0 radical (unpaired) electrons. The molecule has 1 aliphatic rings. The Kier molecular flexibility index (Phi) is 7.28. The Morgan fingerprint density at radius 3 is 2.89 bits per heavy atom. The molecule has 0 aromatic heterocycles. The fourth-order valence-electron chi connectivity index (χ4n) is 2.51. The van der Waals surface area contributed by atoms with Crippen LogP contribution in [0.15, 0.2) is 0 Å². The number of ether oxygens (including phenoxy) is 1. The van der Waals surface area contributed by atoms with Crippen molar-refractivity contribution in [1.29, 1.82) is 0 Å². The van der Waals surface area contributed by atoms with Gasteiger partial charge in [-0.1, -0.05) is 32.6 Å². The number of morpholine rings is 1. The average Bonchev–Trinajstić information content (AvgIpc) is 2.34. The molecule has 2 unspecified atom stereocenters. The van der Waals surface area contributed by atoms with Crippen LogP contribution in [0.25, 0.3) is 0 Å². The van der Waals surface area contributed by atoms with Gasteiger partial charge in [0, 0.05) is 19.1 Å². The van der Waals surface area contributed by atoms with E-state index in [2.05, 4.69) is 18.7 Å². The summed E-state index contributed by atoms with van der Waals surface area (Å²) in [7, 11) is 0. The molecule has 1 heterocycles. The van der Waals surface area contributed by atoms with E-state index in [1.165, 1.54) is 32.1 Å². The minimum absolute atomic E-state index is 0.124. The van der Waals surface area contributed by atoms with Crippen LogP contribution in [-0.2, 0) is 9.53 Å². The van der Waals surface area contributed by atoms with Crippen LogP contribution in [0.2, 0.25) is 0 Å². The van der Waals surface area contributed by atoms with Gasteiger partial charge in [0.2, 0.25) is 0 Å². The first kappa shape index (κ1) is 15.4. The van der Waals surface area contributed by atoms with Crippen LogP contribution >= 0.6 is 0 Å². The maximum atomic E-state index is 10.7. The number of hydrogen-bond acceptors (Lipinski definition) is 3. The van der Waals surface area contributed by atoms with Gasteiger partial charge in [0.1, 0.15) is 0 Å². The summed E-state index contributed by atoms with van der Waals surface area (Å²) in [5.74, 6) is -0.766. The monoisotopic (exact) mass is 257 g/mol. The largest absolute Gasteiger partial charge is 0.481 e. The van der Waals surface area contributed by atoms with Crippen molar-refractivity contribution in [2.75, 3.05) is 19.7 Å². The van der Waals surface area contributed by atoms with E-state index in [0.29, 0.717) is 12.6 Å². The molecule has 4 heteroatoms. The zero-order valence-electron chi connectivity index (χ0n) is 11.7. The summed E-state index contributed by atoms with van der Waals surface area (Å²) in [6, 6.07) is 0.544. The van der Waals surface area contributed by atoms with E-state index in [4.69, 9.17) is 9.84 Å². The number of carbonyl (C=O) groups is 1. The molecule has 0 spiro atoms. The molecule has 0 bridgehead atoms. The van der Waals surface area contributed by atoms with Gasteiger partial charge in [-0.05, 0) is 13.3 Å². The Morgan fingerprint density at radius 2 is 2.22 bits per heavy atom. The molecule has 4 nitrogen and oxygen atoms in total. The Bertz CT molecular complexity index is 245. The van der Waals surface area contributed by atoms with E-state index in [1.807, 2.05) is 0 Å². The number of nitrogens with zero attached hydrogens (tertiary/aromatic N) is 1. The third-order valence-corrected chi connectivity index (χ3v) is 3.67. The van der Waals surface area contributed by atoms with Gasteiger partial charge < -0.3 is 9.84 Å². The molecule has 1 N–H and O–H groups in total. The smallest absolute Gasteiger partial charge is 0.306 e. The van der Waals surface area contributed by atoms with Crippen LogP contribution in [0.5, 0.6) is 0 Å². The lowest BCUT2D eigenvalue weighted by atomic mass is 10.1. The van der Waals surface area contributed by atoms with Gasteiger partial charge in [-0.25, -0.2) is 0 Å². The molecule has 0 aliphatic carbocycles. The number of carboxylic acid groups (broad SMARTS) is 1. The second kappa shape index (κ2) is 8.48. The first-order chi connectivity index (χ1) is 8.63. The van der Waals surface area contributed by atoms with E-state index in [0.717, 1.165) is 13.1 Å². The Balaban J connectivity index is 2.24. The van der Waals surface area contributed by atoms with Crippen molar-refractivity contribution in [2.24, 2.45) is 0 Å². The number of aliphatic carboxylic acids is 1. The molecule has 0 saturated carbocycles. The van der Waals surface area contributed by atoms with Crippen LogP contribution < -0.4 is 0 Å². The molecule has 0 amide bonds. The van der Waals surface area contributed by atoms with Gasteiger partial charge in [0.25, 0.3) is 0 Å². The molecule has 18 heavy (non-hydrogen) atoms. The summed E-state index contributed by atoms with van der Waals surface area (Å²) in [6.07, 6.45) is 6.37. The molecule has 2 atom stereocenters. The molecule has 0 aromatic rings. The van der Waals surface area contributed by atoms with E-state index < -0.39 is 5.97 Å². The predicted molar refractivity (Wildman–Crippen MR) is 71.8 cm³/mol. The molecule has 1 rings (SSSR count). The number of rotatable bonds is 8. The lowest BCUT2D eigenvalue weighted by Gasteiger charge is -2.36. The average molecular weight is 257 g/mol. The topological polar surface area (TPSA) is 49.8 Å². The number of carboxylic acids is 1. The Morgan fingerprint density at radius 1 is 1.44 bits per heavy atom. The van der Waals surface area contributed by atoms with Gasteiger partial charge in [-0.2, -0.15) is 0 Å². The number of unbranched alkanes of at least 4 members (excludes halogenated alkanes) is 3. The van der Waals surface area contributed by atoms with Crippen molar-refractivity contribution >= 4 is 5.97 Å². The van der Waals surface area contributed by atoms with Crippen LogP contribution in [-0.4, -0.2) is 47.8 Å². The highest BCUT2D eigenvalue weighted by molar-refractivity contribution is 5.67. The third kappa shape index (κ3) is 5.83. The second-order valence-corrected chi connectivity index (χ2v) is 5.28. The molecule has 1 fully saturated rings. The Hall–Kier alpha value is -0.610. The minimum Gasteiger partial charge on any atom is -0.481 e. The summed E-state index contributed by atoms with van der Waals surface area (Å²) in [5, 5.41) is 8.79. The van der Waals surface area contributed by atoms with Gasteiger partial charge in [-0.3, -0.25) is 9.69 Å². The second-order valence-electron chi connectivity index (χ2n) is 5.28. The highest BCUT2D eigenvalue weighted by Gasteiger charge is 2.25. The van der Waals surface area contributed by atoms with Crippen molar-refractivity contribution in [3.05, 3.63) is 0 Å². The SMILES string of the molecule is CCCCCCC(C)N1CCOC(CC(=O)O)C1.